The van der Waals surface area contributed by atoms with E-state index in [2.05, 4.69) is 0 Å². The van der Waals surface area contributed by atoms with Crippen molar-refractivity contribution in [2.45, 2.75) is 16.0 Å². The highest BCUT2D eigenvalue weighted by atomic mass is 32.2. The maximum Gasteiger partial charge on any atom is 0.417 e. The lowest BCUT2D eigenvalue weighted by atomic mass is 9.99. The lowest BCUT2D eigenvalue weighted by Gasteiger charge is -2.13. The van der Waals surface area contributed by atoms with E-state index < -0.39 is 11.7 Å². The lowest BCUT2D eigenvalue weighted by Crippen LogP contribution is -2.06. The van der Waals surface area contributed by atoms with Gasteiger partial charge in [-0.1, -0.05) is 60.3 Å². The second-order valence-electron chi connectivity index (χ2n) is 4.98. The summed E-state index contributed by atoms with van der Waals surface area (Å²) in [5.41, 5.74) is 0.162. The first-order valence-electron chi connectivity index (χ1n) is 7.03. The van der Waals surface area contributed by atoms with Crippen LogP contribution in [0.1, 0.15) is 5.56 Å². The molecule has 23 heavy (non-hydrogen) atoms. The molecule has 0 aliphatic carbocycles. The van der Waals surface area contributed by atoms with E-state index in [-0.39, 0.29) is 5.56 Å². The Hall–Kier alpha value is -2.20. The number of rotatable bonds is 3. The van der Waals surface area contributed by atoms with E-state index in [4.69, 9.17) is 0 Å². The number of alkyl halides is 3. The third-order valence-electron chi connectivity index (χ3n) is 3.38. The zero-order chi connectivity index (χ0) is 16.3. The van der Waals surface area contributed by atoms with E-state index >= 15 is 0 Å². The molecule has 0 amide bonds. The summed E-state index contributed by atoms with van der Waals surface area (Å²) >= 11 is 1.58. The van der Waals surface area contributed by atoms with Crippen molar-refractivity contribution in [3.05, 3.63) is 84.4 Å². The molecule has 0 fully saturated rings. The van der Waals surface area contributed by atoms with Gasteiger partial charge in [-0.15, -0.1) is 0 Å². The average molecular weight is 330 g/mol. The highest BCUT2D eigenvalue weighted by molar-refractivity contribution is 7.99. The topological polar surface area (TPSA) is 0 Å². The maximum atomic E-state index is 13.1. The summed E-state index contributed by atoms with van der Waals surface area (Å²) in [6.45, 7) is 0. The Labute approximate surface area is 137 Å². The van der Waals surface area contributed by atoms with Crippen LogP contribution >= 0.6 is 11.8 Å². The number of halogens is 3. The van der Waals surface area contributed by atoms with Gasteiger partial charge in [0.15, 0.2) is 0 Å². The van der Waals surface area contributed by atoms with Gasteiger partial charge in [-0.25, -0.2) is 0 Å². The molecule has 0 saturated carbocycles. The van der Waals surface area contributed by atoms with Gasteiger partial charge in [0.2, 0.25) is 0 Å². The van der Waals surface area contributed by atoms with Crippen molar-refractivity contribution in [1.82, 2.24) is 0 Å². The molecule has 0 aliphatic heterocycles. The van der Waals surface area contributed by atoms with Crippen molar-refractivity contribution in [2.24, 2.45) is 0 Å². The van der Waals surface area contributed by atoms with Crippen LogP contribution in [-0.2, 0) is 6.18 Å². The maximum absolute atomic E-state index is 13.1. The van der Waals surface area contributed by atoms with Gasteiger partial charge in [-0.3, -0.25) is 0 Å². The van der Waals surface area contributed by atoms with Crippen molar-refractivity contribution >= 4 is 11.8 Å². The molecule has 0 saturated heterocycles. The zero-order valence-corrected chi connectivity index (χ0v) is 12.9. The molecule has 0 bridgehead atoms. The summed E-state index contributed by atoms with van der Waals surface area (Å²) < 4.78 is 39.3. The molecule has 0 nitrogen and oxygen atoms in total. The highest BCUT2D eigenvalue weighted by Gasteiger charge is 2.33. The summed E-state index contributed by atoms with van der Waals surface area (Å²) in [7, 11) is 0. The molecule has 0 N–H and O–H groups in total. The largest absolute Gasteiger partial charge is 0.417 e. The monoisotopic (exact) mass is 330 g/mol. The van der Waals surface area contributed by atoms with Gasteiger partial charge in [-0.05, 0) is 41.5 Å². The number of hydrogen-bond acceptors (Lipinski definition) is 1. The quantitative estimate of drug-likeness (QED) is 0.526. The summed E-state index contributed by atoms with van der Waals surface area (Å²) in [6, 6.07) is 22.7. The van der Waals surface area contributed by atoms with Gasteiger partial charge < -0.3 is 0 Å². The van der Waals surface area contributed by atoms with Crippen molar-refractivity contribution in [3.8, 4) is 11.1 Å². The average Bonchev–Trinajstić information content (AvgIpc) is 2.56. The Morgan fingerprint density at radius 1 is 0.609 bits per heavy atom. The van der Waals surface area contributed by atoms with Crippen LogP contribution in [0.5, 0.6) is 0 Å². The third-order valence-corrected chi connectivity index (χ3v) is 4.39. The highest BCUT2D eigenvalue weighted by Crippen LogP contribution is 2.37. The molecule has 3 aromatic rings. The summed E-state index contributed by atoms with van der Waals surface area (Å²) in [6.07, 6.45) is -4.35. The SMILES string of the molecule is FC(F)(F)c1ccccc1-c1ccc(Sc2ccccc2)cc1. The van der Waals surface area contributed by atoms with Crippen LogP contribution in [0.15, 0.2) is 88.7 Å². The van der Waals surface area contributed by atoms with Crippen LogP contribution in [0.2, 0.25) is 0 Å². The molecular formula is C19H13F3S. The number of hydrogen-bond donors (Lipinski definition) is 0. The molecule has 3 rings (SSSR count). The first-order valence-corrected chi connectivity index (χ1v) is 7.85. The standard InChI is InChI=1S/C19H13F3S/c20-19(21,22)18-9-5-4-8-17(18)14-10-12-16(13-11-14)23-15-6-2-1-3-7-15/h1-13H. The van der Waals surface area contributed by atoms with Gasteiger partial charge in [0.05, 0.1) is 5.56 Å². The molecule has 0 unspecified atom stereocenters. The molecule has 4 heteroatoms. The molecule has 0 heterocycles. The van der Waals surface area contributed by atoms with E-state index in [1.54, 1.807) is 30.0 Å². The second kappa shape index (κ2) is 6.50. The van der Waals surface area contributed by atoms with E-state index in [1.807, 2.05) is 42.5 Å². The zero-order valence-electron chi connectivity index (χ0n) is 12.0. The molecule has 116 valence electrons. The fraction of sp³-hybridized carbons (Fsp3) is 0.0526. The van der Waals surface area contributed by atoms with Crippen LogP contribution < -0.4 is 0 Å². The minimum absolute atomic E-state index is 0.205. The van der Waals surface area contributed by atoms with Crippen molar-refractivity contribution in [3.63, 3.8) is 0 Å². The van der Waals surface area contributed by atoms with Gasteiger partial charge in [0.25, 0.3) is 0 Å². The molecule has 0 atom stereocenters. The second-order valence-corrected chi connectivity index (χ2v) is 6.13. The Balaban J connectivity index is 1.89. The smallest absolute Gasteiger partial charge is 0.166 e. The Kier molecular flexibility index (Phi) is 4.44. The van der Waals surface area contributed by atoms with Gasteiger partial charge in [-0.2, -0.15) is 13.2 Å². The van der Waals surface area contributed by atoms with E-state index in [0.29, 0.717) is 5.56 Å². The van der Waals surface area contributed by atoms with Crippen LogP contribution in [0.25, 0.3) is 11.1 Å². The Bertz CT molecular complexity index is 778. The van der Waals surface area contributed by atoms with Crippen LogP contribution in [-0.4, -0.2) is 0 Å². The summed E-state index contributed by atoms with van der Waals surface area (Å²) in [4.78, 5) is 2.08. The van der Waals surface area contributed by atoms with Crippen LogP contribution in [0.4, 0.5) is 13.2 Å². The lowest BCUT2D eigenvalue weighted by molar-refractivity contribution is -0.137. The van der Waals surface area contributed by atoms with Crippen LogP contribution in [0, 0.1) is 0 Å². The predicted molar refractivity (Wildman–Crippen MR) is 87.4 cm³/mol. The summed E-state index contributed by atoms with van der Waals surface area (Å²) in [5, 5.41) is 0. The minimum Gasteiger partial charge on any atom is -0.166 e. The van der Waals surface area contributed by atoms with Crippen molar-refractivity contribution < 1.29 is 13.2 Å². The molecule has 3 aromatic carbocycles. The van der Waals surface area contributed by atoms with E-state index in [9.17, 15) is 13.2 Å². The minimum atomic E-state index is -4.35. The fourth-order valence-electron chi connectivity index (χ4n) is 2.31. The normalized spacial score (nSPS) is 11.4. The predicted octanol–water partition coefficient (Wildman–Crippen LogP) is 6.52. The Morgan fingerprint density at radius 2 is 1.17 bits per heavy atom. The molecule has 0 spiro atoms. The molecule has 0 aromatic heterocycles. The first kappa shape index (κ1) is 15.7. The van der Waals surface area contributed by atoms with Gasteiger partial charge >= 0.3 is 6.18 Å². The Morgan fingerprint density at radius 3 is 1.83 bits per heavy atom. The van der Waals surface area contributed by atoms with Gasteiger partial charge in [0.1, 0.15) is 0 Å². The van der Waals surface area contributed by atoms with E-state index in [0.717, 1.165) is 15.9 Å². The first-order chi connectivity index (χ1) is 11.0. The summed E-state index contributed by atoms with van der Waals surface area (Å²) in [5.74, 6) is 0. The van der Waals surface area contributed by atoms with Crippen molar-refractivity contribution in [2.75, 3.05) is 0 Å². The fourth-order valence-corrected chi connectivity index (χ4v) is 3.15. The van der Waals surface area contributed by atoms with Gasteiger partial charge in [0, 0.05) is 9.79 Å². The third kappa shape index (κ3) is 3.77. The number of benzene rings is 3. The van der Waals surface area contributed by atoms with E-state index in [1.165, 1.54) is 12.1 Å². The molecule has 0 radical (unpaired) electrons. The molecule has 0 aliphatic rings. The van der Waals surface area contributed by atoms with Crippen LogP contribution in [0.3, 0.4) is 0 Å². The van der Waals surface area contributed by atoms with Crippen molar-refractivity contribution in [1.29, 1.82) is 0 Å². The molecular weight excluding hydrogens is 317 g/mol.